The van der Waals surface area contributed by atoms with Crippen molar-refractivity contribution >= 4 is 29.1 Å². The van der Waals surface area contributed by atoms with Crippen molar-refractivity contribution in [2.75, 3.05) is 37.8 Å². The zero-order valence-corrected chi connectivity index (χ0v) is 16.4. The van der Waals surface area contributed by atoms with Crippen LogP contribution in [0.5, 0.6) is 0 Å². The van der Waals surface area contributed by atoms with Crippen LogP contribution in [-0.2, 0) is 0 Å². The van der Waals surface area contributed by atoms with Crippen molar-refractivity contribution < 1.29 is 4.39 Å². The van der Waals surface area contributed by atoms with Gasteiger partial charge in [-0.2, -0.15) is 4.98 Å². The first-order valence-electron chi connectivity index (χ1n) is 8.76. The lowest BCUT2D eigenvalue weighted by Crippen LogP contribution is -2.17. The average Bonchev–Trinajstić information content (AvgIpc) is 2.69. The lowest BCUT2D eigenvalue weighted by atomic mass is 10.1. The Morgan fingerprint density at radius 2 is 1.93 bits per heavy atom. The number of rotatable bonds is 8. The zero-order chi connectivity index (χ0) is 19.9. The summed E-state index contributed by atoms with van der Waals surface area (Å²) in [6, 6.07) is 4.36. The summed E-state index contributed by atoms with van der Waals surface area (Å²) in [4.78, 5) is 19.2. The molecular weight excluding hydrogens is 381 g/mol. The normalized spacial score (nSPS) is 10.9. The van der Waals surface area contributed by atoms with Gasteiger partial charge in [0.05, 0.1) is 5.02 Å². The smallest absolute Gasteiger partial charge is 0.229 e. The van der Waals surface area contributed by atoms with Crippen LogP contribution in [0.2, 0.25) is 5.02 Å². The Morgan fingerprint density at radius 3 is 2.64 bits per heavy atom. The third kappa shape index (κ3) is 5.34. The van der Waals surface area contributed by atoms with Gasteiger partial charge in [-0.3, -0.25) is 0 Å². The molecule has 0 radical (unpaired) electrons. The Balaban J connectivity index is 1.83. The Morgan fingerprint density at radius 1 is 1.14 bits per heavy atom. The number of aromatic nitrogens is 4. The van der Waals surface area contributed by atoms with Crippen LogP contribution in [0.15, 0.2) is 43.1 Å². The van der Waals surface area contributed by atoms with E-state index in [1.54, 1.807) is 24.7 Å². The van der Waals surface area contributed by atoms with E-state index in [4.69, 9.17) is 11.6 Å². The number of benzene rings is 1. The van der Waals surface area contributed by atoms with Crippen molar-refractivity contribution in [3.63, 3.8) is 0 Å². The van der Waals surface area contributed by atoms with Gasteiger partial charge in [0, 0.05) is 41.9 Å². The third-order valence-corrected chi connectivity index (χ3v) is 4.20. The van der Waals surface area contributed by atoms with Crippen molar-refractivity contribution in [1.82, 2.24) is 24.8 Å². The molecular formula is C19H21ClFN7. The average molecular weight is 402 g/mol. The van der Waals surface area contributed by atoms with Gasteiger partial charge in [0.1, 0.15) is 18.0 Å². The molecule has 1 aromatic carbocycles. The number of halogens is 2. The van der Waals surface area contributed by atoms with E-state index in [0.717, 1.165) is 30.6 Å². The predicted molar refractivity (Wildman–Crippen MR) is 109 cm³/mol. The first-order valence-corrected chi connectivity index (χ1v) is 9.14. The highest BCUT2D eigenvalue weighted by molar-refractivity contribution is 6.31. The molecule has 3 aromatic rings. The van der Waals surface area contributed by atoms with Gasteiger partial charge in [-0.15, -0.1) is 0 Å². The second-order valence-corrected chi connectivity index (χ2v) is 6.83. The number of hydrogen-bond donors (Lipinski definition) is 2. The Labute approximate surface area is 168 Å². The van der Waals surface area contributed by atoms with Crippen LogP contribution in [0, 0.1) is 5.82 Å². The molecule has 0 saturated heterocycles. The fourth-order valence-corrected chi connectivity index (χ4v) is 2.71. The second kappa shape index (κ2) is 9.38. The van der Waals surface area contributed by atoms with Gasteiger partial charge in [0.15, 0.2) is 0 Å². The summed E-state index contributed by atoms with van der Waals surface area (Å²) >= 11 is 5.84. The maximum atomic E-state index is 13.4. The van der Waals surface area contributed by atoms with Crippen LogP contribution in [0.25, 0.3) is 11.1 Å². The monoisotopic (exact) mass is 401 g/mol. The van der Waals surface area contributed by atoms with E-state index in [9.17, 15) is 4.39 Å². The Hall–Kier alpha value is -2.84. The molecule has 2 aromatic heterocycles. The molecule has 28 heavy (non-hydrogen) atoms. The molecule has 0 amide bonds. The van der Waals surface area contributed by atoms with Crippen molar-refractivity contribution in [3.05, 3.63) is 54.0 Å². The Bertz CT molecular complexity index is 921. The molecule has 2 N–H and O–H groups in total. The molecule has 0 aliphatic heterocycles. The number of nitrogens with one attached hydrogen (secondary N) is 2. The molecule has 146 valence electrons. The minimum atomic E-state index is -0.476. The van der Waals surface area contributed by atoms with Gasteiger partial charge in [0.2, 0.25) is 5.95 Å². The summed E-state index contributed by atoms with van der Waals surface area (Å²) in [7, 11) is 4.07. The minimum Gasteiger partial charge on any atom is -0.369 e. The topological polar surface area (TPSA) is 78.9 Å². The fourth-order valence-electron chi connectivity index (χ4n) is 2.53. The molecule has 0 fully saturated rings. The van der Waals surface area contributed by atoms with Gasteiger partial charge in [-0.1, -0.05) is 11.6 Å². The van der Waals surface area contributed by atoms with Crippen molar-refractivity contribution in [2.24, 2.45) is 0 Å². The van der Waals surface area contributed by atoms with E-state index in [0.29, 0.717) is 17.5 Å². The molecule has 9 heteroatoms. The molecule has 0 bridgehead atoms. The largest absolute Gasteiger partial charge is 0.369 e. The first-order chi connectivity index (χ1) is 13.5. The lowest BCUT2D eigenvalue weighted by Gasteiger charge is -2.14. The predicted octanol–water partition coefficient (Wildman–Crippen LogP) is 3.83. The van der Waals surface area contributed by atoms with Gasteiger partial charge in [0.25, 0.3) is 0 Å². The molecule has 0 atom stereocenters. The van der Waals surface area contributed by atoms with E-state index in [2.05, 4.69) is 35.5 Å². The van der Waals surface area contributed by atoms with Gasteiger partial charge in [-0.05, 0) is 45.3 Å². The highest BCUT2D eigenvalue weighted by atomic mass is 35.5. The molecule has 0 aliphatic rings. The maximum absolute atomic E-state index is 13.4. The molecule has 0 saturated carbocycles. The van der Waals surface area contributed by atoms with Crippen LogP contribution >= 0.6 is 11.6 Å². The summed E-state index contributed by atoms with van der Waals surface area (Å²) in [6.07, 6.45) is 7.56. The van der Waals surface area contributed by atoms with Gasteiger partial charge in [-0.25, -0.2) is 19.3 Å². The SMILES string of the molecule is CN(C)CCCNc1nc(Nc2ccc(F)c(Cl)c2)ncc1-c1cncnc1. The highest BCUT2D eigenvalue weighted by Gasteiger charge is 2.11. The van der Waals surface area contributed by atoms with E-state index in [-0.39, 0.29) is 5.02 Å². The van der Waals surface area contributed by atoms with Crippen LogP contribution in [0.4, 0.5) is 21.8 Å². The summed E-state index contributed by atoms with van der Waals surface area (Å²) in [5.41, 5.74) is 2.21. The molecule has 0 aliphatic carbocycles. The van der Waals surface area contributed by atoms with Crippen molar-refractivity contribution in [1.29, 1.82) is 0 Å². The van der Waals surface area contributed by atoms with Crippen molar-refractivity contribution in [2.45, 2.75) is 6.42 Å². The summed E-state index contributed by atoms with van der Waals surface area (Å²) in [5, 5.41) is 6.43. The summed E-state index contributed by atoms with van der Waals surface area (Å²) < 4.78 is 13.4. The zero-order valence-electron chi connectivity index (χ0n) is 15.7. The summed E-state index contributed by atoms with van der Waals surface area (Å²) in [6.45, 7) is 1.71. The van der Waals surface area contributed by atoms with Gasteiger partial charge < -0.3 is 15.5 Å². The highest BCUT2D eigenvalue weighted by Crippen LogP contribution is 2.27. The van der Waals surface area contributed by atoms with Crippen LogP contribution in [0.1, 0.15) is 6.42 Å². The molecule has 3 rings (SSSR count). The molecule has 0 spiro atoms. The van der Waals surface area contributed by atoms with Crippen LogP contribution < -0.4 is 10.6 Å². The first kappa shape index (κ1) is 19.9. The molecule has 7 nitrogen and oxygen atoms in total. The van der Waals surface area contributed by atoms with E-state index in [1.807, 2.05) is 14.1 Å². The van der Waals surface area contributed by atoms with Crippen LogP contribution in [-0.4, -0.2) is 52.0 Å². The third-order valence-electron chi connectivity index (χ3n) is 3.91. The Kier molecular flexibility index (Phi) is 6.67. The standard InChI is InChI=1S/C19H21ClFN7/c1-28(2)7-3-6-24-18-15(13-9-22-12-23-10-13)11-25-19(27-18)26-14-4-5-17(21)16(20)8-14/h4-5,8-12H,3,6-7H2,1-2H3,(H2,24,25,26,27). The fraction of sp³-hybridized carbons (Fsp3) is 0.263. The van der Waals surface area contributed by atoms with Gasteiger partial charge >= 0.3 is 0 Å². The van der Waals surface area contributed by atoms with E-state index in [1.165, 1.54) is 18.5 Å². The molecule has 0 unspecified atom stereocenters. The van der Waals surface area contributed by atoms with Crippen LogP contribution in [0.3, 0.4) is 0 Å². The number of hydrogen-bond acceptors (Lipinski definition) is 7. The number of anilines is 3. The van der Waals surface area contributed by atoms with Crippen molar-refractivity contribution in [3.8, 4) is 11.1 Å². The second-order valence-electron chi connectivity index (χ2n) is 6.42. The number of nitrogens with zero attached hydrogens (tertiary/aromatic N) is 5. The van der Waals surface area contributed by atoms with E-state index >= 15 is 0 Å². The minimum absolute atomic E-state index is 0.0325. The lowest BCUT2D eigenvalue weighted by molar-refractivity contribution is 0.405. The quantitative estimate of drug-likeness (QED) is 0.555. The maximum Gasteiger partial charge on any atom is 0.229 e. The summed E-state index contributed by atoms with van der Waals surface area (Å²) in [5.74, 6) is 0.563. The van der Waals surface area contributed by atoms with E-state index < -0.39 is 5.82 Å². The molecule has 2 heterocycles.